The zero-order valence-corrected chi connectivity index (χ0v) is 10.3. The van der Waals surface area contributed by atoms with Crippen LogP contribution in [-0.2, 0) is 0 Å². The molecule has 2 N–H and O–H groups in total. The third-order valence-corrected chi connectivity index (χ3v) is 2.45. The second-order valence-corrected chi connectivity index (χ2v) is 4.05. The van der Waals surface area contributed by atoms with Gasteiger partial charge in [-0.25, -0.2) is 9.78 Å². The van der Waals surface area contributed by atoms with E-state index in [4.69, 9.17) is 10.2 Å². The lowest BCUT2D eigenvalue weighted by molar-refractivity contribution is 0.0658. The van der Waals surface area contributed by atoms with Gasteiger partial charge >= 0.3 is 5.97 Å². The average Bonchev–Trinajstić information content (AvgIpc) is 2.35. The number of carboxylic acids is 1. The minimum atomic E-state index is -1.13. The lowest BCUT2D eigenvalue weighted by Gasteiger charge is -2.25. The summed E-state index contributed by atoms with van der Waals surface area (Å²) in [6, 6.07) is 2.65. The van der Waals surface area contributed by atoms with E-state index in [-0.39, 0.29) is 30.8 Å². The summed E-state index contributed by atoms with van der Waals surface area (Å²) in [7, 11) is 0. The molecule has 0 unspecified atom stereocenters. The third-order valence-electron chi connectivity index (χ3n) is 2.45. The highest BCUT2D eigenvalue weighted by molar-refractivity contribution is 5.95. The largest absolute Gasteiger partial charge is 0.477 e. The van der Waals surface area contributed by atoms with Crippen LogP contribution in [0.3, 0.4) is 0 Å². The van der Waals surface area contributed by atoms with E-state index >= 15 is 0 Å². The fourth-order valence-electron chi connectivity index (χ4n) is 1.51. The summed E-state index contributed by atoms with van der Waals surface area (Å²) in [5, 5.41) is 17.6. The standard InChI is InChI=1S/C12H16N2O4/c1-8(2)14(5-6-15)11(16)9-3-4-10(12(17)18)13-7-9/h3-4,7-8,15H,5-6H2,1-2H3,(H,17,18). The molecule has 1 aromatic heterocycles. The van der Waals surface area contributed by atoms with E-state index in [9.17, 15) is 9.59 Å². The number of aliphatic hydroxyl groups excluding tert-OH is 1. The molecule has 0 spiro atoms. The van der Waals surface area contributed by atoms with Crippen molar-refractivity contribution < 1.29 is 19.8 Å². The number of pyridine rings is 1. The van der Waals surface area contributed by atoms with Crippen LogP contribution in [0.4, 0.5) is 0 Å². The van der Waals surface area contributed by atoms with Gasteiger partial charge in [-0.2, -0.15) is 0 Å². The first kappa shape index (κ1) is 14.1. The highest BCUT2D eigenvalue weighted by atomic mass is 16.4. The molecule has 0 aliphatic rings. The van der Waals surface area contributed by atoms with Crippen LogP contribution >= 0.6 is 0 Å². The number of carboxylic acid groups (broad SMARTS) is 1. The van der Waals surface area contributed by atoms with Gasteiger partial charge in [0.25, 0.3) is 5.91 Å². The van der Waals surface area contributed by atoms with Crippen LogP contribution in [-0.4, -0.2) is 51.2 Å². The number of amides is 1. The first-order valence-corrected chi connectivity index (χ1v) is 5.58. The molecule has 6 heteroatoms. The Balaban J connectivity index is 2.91. The van der Waals surface area contributed by atoms with Gasteiger partial charge in [0.1, 0.15) is 5.69 Å². The van der Waals surface area contributed by atoms with Gasteiger partial charge in [0.2, 0.25) is 0 Å². The second-order valence-electron chi connectivity index (χ2n) is 4.05. The van der Waals surface area contributed by atoms with Gasteiger partial charge < -0.3 is 15.1 Å². The summed E-state index contributed by atoms with van der Waals surface area (Å²) in [4.78, 5) is 27.9. The Morgan fingerprint density at radius 1 is 1.39 bits per heavy atom. The maximum absolute atomic E-state index is 12.1. The molecule has 1 aromatic rings. The van der Waals surface area contributed by atoms with E-state index in [1.165, 1.54) is 23.2 Å². The summed E-state index contributed by atoms with van der Waals surface area (Å²) < 4.78 is 0. The molecule has 6 nitrogen and oxygen atoms in total. The summed E-state index contributed by atoms with van der Waals surface area (Å²) >= 11 is 0. The maximum Gasteiger partial charge on any atom is 0.354 e. The van der Waals surface area contributed by atoms with Crippen molar-refractivity contribution >= 4 is 11.9 Å². The molecule has 0 atom stereocenters. The number of carbonyl (C=O) groups is 2. The van der Waals surface area contributed by atoms with Crippen molar-refractivity contribution in [1.82, 2.24) is 9.88 Å². The predicted octanol–water partition coefficient (Wildman–Crippen LogP) is 0.623. The highest BCUT2D eigenvalue weighted by Gasteiger charge is 2.18. The molecule has 0 fully saturated rings. The molecule has 0 aromatic carbocycles. The number of nitrogens with zero attached hydrogens (tertiary/aromatic N) is 2. The average molecular weight is 252 g/mol. The van der Waals surface area contributed by atoms with Crippen LogP contribution < -0.4 is 0 Å². The fraction of sp³-hybridized carbons (Fsp3) is 0.417. The molecule has 1 amide bonds. The Morgan fingerprint density at radius 3 is 2.44 bits per heavy atom. The topological polar surface area (TPSA) is 90.7 Å². The molecule has 0 radical (unpaired) electrons. The van der Waals surface area contributed by atoms with Crippen LogP contribution in [0.25, 0.3) is 0 Å². The number of aromatic nitrogens is 1. The van der Waals surface area contributed by atoms with E-state index in [0.717, 1.165) is 0 Å². The molecule has 1 rings (SSSR count). The SMILES string of the molecule is CC(C)N(CCO)C(=O)c1ccc(C(=O)O)nc1. The first-order chi connectivity index (χ1) is 8.47. The van der Waals surface area contributed by atoms with Gasteiger partial charge in [-0.3, -0.25) is 4.79 Å². The zero-order chi connectivity index (χ0) is 13.7. The minimum absolute atomic E-state index is 0.0520. The maximum atomic E-state index is 12.1. The van der Waals surface area contributed by atoms with Gasteiger partial charge in [-0.15, -0.1) is 0 Å². The normalized spacial score (nSPS) is 10.4. The highest BCUT2D eigenvalue weighted by Crippen LogP contribution is 2.08. The van der Waals surface area contributed by atoms with E-state index in [0.29, 0.717) is 5.56 Å². The fourth-order valence-corrected chi connectivity index (χ4v) is 1.51. The van der Waals surface area contributed by atoms with Crippen LogP contribution in [0.1, 0.15) is 34.7 Å². The van der Waals surface area contributed by atoms with Gasteiger partial charge in [-0.05, 0) is 26.0 Å². The van der Waals surface area contributed by atoms with Crippen LogP contribution in [0, 0.1) is 0 Å². The molecule has 18 heavy (non-hydrogen) atoms. The zero-order valence-electron chi connectivity index (χ0n) is 10.3. The van der Waals surface area contributed by atoms with Crippen molar-refractivity contribution in [3.63, 3.8) is 0 Å². The van der Waals surface area contributed by atoms with Crippen molar-refractivity contribution in [2.24, 2.45) is 0 Å². The second kappa shape index (κ2) is 6.11. The third kappa shape index (κ3) is 3.27. The van der Waals surface area contributed by atoms with E-state index in [1.54, 1.807) is 0 Å². The van der Waals surface area contributed by atoms with Gasteiger partial charge in [0, 0.05) is 18.8 Å². The number of aromatic carboxylic acids is 1. The summed E-state index contributed by atoms with van der Waals surface area (Å²) in [6.07, 6.45) is 1.23. The van der Waals surface area contributed by atoms with Crippen molar-refractivity contribution in [3.8, 4) is 0 Å². The van der Waals surface area contributed by atoms with Crippen molar-refractivity contribution in [2.45, 2.75) is 19.9 Å². The van der Waals surface area contributed by atoms with Gasteiger partial charge in [0.15, 0.2) is 0 Å². The lowest BCUT2D eigenvalue weighted by atomic mass is 10.2. The molecule has 1 heterocycles. The number of carbonyl (C=O) groups excluding carboxylic acids is 1. The Hall–Kier alpha value is -1.95. The minimum Gasteiger partial charge on any atom is -0.477 e. The van der Waals surface area contributed by atoms with Crippen LogP contribution in [0.5, 0.6) is 0 Å². The van der Waals surface area contributed by atoms with E-state index in [1.807, 2.05) is 13.8 Å². The van der Waals surface area contributed by atoms with Crippen LogP contribution in [0.2, 0.25) is 0 Å². The monoisotopic (exact) mass is 252 g/mol. The Labute approximate surface area is 105 Å². The van der Waals surface area contributed by atoms with Crippen molar-refractivity contribution in [3.05, 3.63) is 29.6 Å². The van der Waals surface area contributed by atoms with Gasteiger partial charge in [-0.1, -0.05) is 0 Å². The summed E-state index contributed by atoms with van der Waals surface area (Å²) in [5.74, 6) is -1.41. The number of hydrogen-bond donors (Lipinski definition) is 2. The number of aliphatic hydroxyl groups is 1. The summed E-state index contributed by atoms with van der Waals surface area (Å²) in [6.45, 7) is 3.79. The molecule has 0 bridgehead atoms. The van der Waals surface area contributed by atoms with E-state index in [2.05, 4.69) is 4.98 Å². The summed E-state index contributed by atoms with van der Waals surface area (Å²) in [5.41, 5.74) is 0.201. The molecule has 0 aliphatic carbocycles. The molecule has 0 saturated carbocycles. The smallest absolute Gasteiger partial charge is 0.354 e. The molecule has 98 valence electrons. The van der Waals surface area contributed by atoms with Crippen LogP contribution in [0.15, 0.2) is 18.3 Å². The van der Waals surface area contributed by atoms with E-state index < -0.39 is 5.97 Å². The molecule has 0 aliphatic heterocycles. The quantitative estimate of drug-likeness (QED) is 0.801. The molecular weight excluding hydrogens is 236 g/mol. The first-order valence-electron chi connectivity index (χ1n) is 5.58. The van der Waals surface area contributed by atoms with Gasteiger partial charge in [0.05, 0.1) is 12.2 Å². The Bertz CT molecular complexity index is 428. The number of hydrogen-bond acceptors (Lipinski definition) is 4. The molecular formula is C12H16N2O4. The Kier molecular flexibility index (Phi) is 4.79. The molecule has 0 saturated heterocycles. The number of rotatable bonds is 5. The Morgan fingerprint density at radius 2 is 2.06 bits per heavy atom. The lowest BCUT2D eigenvalue weighted by Crippen LogP contribution is -2.39. The van der Waals surface area contributed by atoms with Crippen molar-refractivity contribution in [1.29, 1.82) is 0 Å². The predicted molar refractivity (Wildman–Crippen MR) is 64.5 cm³/mol. The van der Waals surface area contributed by atoms with Crippen molar-refractivity contribution in [2.75, 3.05) is 13.2 Å².